The Bertz CT molecular complexity index is 733. The quantitative estimate of drug-likeness (QED) is 0.604. The molecule has 1 aromatic carbocycles. The van der Waals surface area contributed by atoms with Crippen molar-refractivity contribution in [2.45, 2.75) is 39.0 Å². The molecule has 1 saturated heterocycles. The Kier molecular flexibility index (Phi) is 7.53. The van der Waals surface area contributed by atoms with E-state index in [4.69, 9.17) is 16.3 Å². The first-order chi connectivity index (χ1) is 14.0. The zero-order chi connectivity index (χ0) is 20.8. The third-order valence-electron chi connectivity index (χ3n) is 5.53. The van der Waals surface area contributed by atoms with Crippen molar-refractivity contribution in [3.63, 3.8) is 0 Å². The molecule has 1 saturated carbocycles. The number of benzene rings is 1. The summed E-state index contributed by atoms with van der Waals surface area (Å²) in [6, 6.07) is 6.84. The van der Waals surface area contributed by atoms with E-state index in [1.807, 2.05) is 4.90 Å². The SMILES string of the molecule is CCOC(=O)CCN(CC1CC1)C(=O)C1CCCN(C(=O)c2ccc(Cl)cc2)C1. The van der Waals surface area contributed by atoms with Gasteiger partial charge in [-0.15, -0.1) is 0 Å². The van der Waals surface area contributed by atoms with Crippen molar-refractivity contribution in [1.29, 1.82) is 0 Å². The van der Waals surface area contributed by atoms with E-state index in [1.54, 1.807) is 36.1 Å². The zero-order valence-electron chi connectivity index (χ0n) is 16.9. The van der Waals surface area contributed by atoms with Gasteiger partial charge in [0, 0.05) is 36.8 Å². The fourth-order valence-electron chi connectivity index (χ4n) is 3.76. The number of esters is 1. The first kappa shape index (κ1) is 21.6. The monoisotopic (exact) mass is 420 g/mol. The number of hydrogen-bond donors (Lipinski definition) is 0. The van der Waals surface area contributed by atoms with Crippen molar-refractivity contribution >= 4 is 29.4 Å². The highest BCUT2D eigenvalue weighted by molar-refractivity contribution is 6.30. The van der Waals surface area contributed by atoms with Gasteiger partial charge in [-0.1, -0.05) is 11.6 Å². The Labute approximate surface area is 177 Å². The third kappa shape index (κ3) is 6.20. The van der Waals surface area contributed by atoms with Gasteiger partial charge in [0.05, 0.1) is 18.9 Å². The second-order valence-corrected chi connectivity index (χ2v) is 8.32. The summed E-state index contributed by atoms with van der Waals surface area (Å²) in [4.78, 5) is 41.3. The molecule has 2 aliphatic rings. The fraction of sp³-hybridized carbons (Fsp3) is 0.591. The summed E-state index contributed by atoms with van der Waals surface area (Å²) in [5.41, 5.74) is 0.583. The molecule has 0 spiro atoms. The molecule has 0 aromatic heterocycles. The van der Waals surface area contributed by atoms with Gasteiger partial charge in [0.2, 0.25) is 5.91 Å². The summed E-state index contributed by atoms with van der Waals surface area (Å²) in [6.45, 7) is 4.27. The standard InChI is InChI=1S/C22H29ClN2O4/c1-2-29-20(26)11-13-25(14-16-5-6-16)22(28)18-4-3-12-24(15-18)21(27)17-7-9-19(23)10-8-17/h7-10,16,18H,2-6,11-15H2,1H3. The van der Waals surface area contributed by atoms with Crippen molar-refractivity contribution in [3.8, 4) is 0 Å². The fourth-order valence-corrected chi connectivity index (χ4v) is 3.89. The van der Waals surface area contributed by atoms with E-state index in [-0.39, 0.29) is 30.1 Å². The van der Waals surface area contributed by atoms with Crippen LogP contribution in [0.1, 0.15) is 49.4 Å². The van der Waals surface area contributed by atoms with Crippen LogP contribution in [0.15, 0.2) is 24.3 Å². The maximum Gasteiger partial charge on any atom is 0.307 e. The molecule has 2 amide bonds. The average molecular weight is 421 g/mol. The molecule has 2 fully saturated rings. The minimum atomic E-state index is -0.274. The highest BCUT2D eigenvalue weighted by Gasteiger charge is 2.34. The van der Waals surface area contributed by atoms with E-state index in [0.717, 1.165) is 25.7 Å². The molecular formula is C22H29ClN2O4. The molecule has 1 unspecified atom stereocenters. The number of rotatable bonds is 8. The summed E-state index contributed by atoms with van der Waals surface area (Å²) in [6.07, 6.45) is 4.05. The number of nitrogens with zero attached hydrogens (tertiary/aromatic N) is 2. The van der Waals surface area contributed by atoms with E-state index in [0.29, 0.717) is 49.3 Å². The van der Waals surface area contributed by atoms with Gasteiger partial charge in [-0.25, -0.2) is 0 Å². The highest BCUT2D eigenvalue weighted by atomic mass is 35.5. The van der Waals surface area contributed by atoms with Gasteiger partial charge in [0.25, 0.3) is 5.91 Å². The molecule has 0 N–H and O–H groups in total. The van der Waals surface area contributed by atoms with Crippen molar-refractivity contribution in [1.82, 2.24) is 9.80 Å². The average Bonchev–Trinajstić information content (AvgIpc) is 3.55. The van der Waals surface area contributed by atoms with Gasteiger partial charge in [0.15, 0.2) is 0 Å². The van der Waals surface area contributed by atoms with E-state index >= 15 is 0 Å². The lowest BCUT2D eigenvalue weighted by Gasteiger charge is -2.35. The minimum Gasteiger partial charge on any atom is -0.466 e. The van der Waals surface area contributed by atoms with Gasteiger partial charge in [-0.2, -0.15) is 0 Å². The van der Waals surface area contributed by atoms with Gasteiger partial charge in [0.1, 0.15) is 0 Å². The Balaban J connectivity index is 1.61. The van der Waals surface area contributed by atoms with Gasteiger partial charge in [-0.05, 0) is 62.8 Å². The summed E-state index contributed by atoms with van der Waals surface area (Å²) >= 11 is 5.91. The molecule has 6 nitrogen and oxygen atoms in total. The number of ether oxygens (including phenoxy) is 1. The first-order valence-corrected chi connectivity index (χ1v) is 10.8. The molecule has 1 aliphatic carbocycles. The smallest absolute Gasteiger partial charge is 0.307 e. The van der Waals surface area contributed by atoms with Crippen LogP contribution in [0.3, 0.4) is 0 Å². The van der Waals surface area contributed by atoms with Crippen LogP contribution < -0.4 is 0 Å². The van der Waals surface area contributed by atoms with Gasteiger partial charge < -0.3 is 14.5 Å². The number of carbonyl (C=O) groups is 3. The summed E-state index contributed by atoms with van der Waals surface area (Å²) in [5, 5.41) is 0.588. The van der Waals surface area contributed by atoms with Crippen LogP contribution in [0.4, 0.5) is 0 Å². The molecule has 1 atom stereocenters. The number of carbonyl (C=O) groups excluding carboxylic acids is 3. The Morgan fingerprint density at radius 2 is 1.90 bits per heavy atom. The number of amides is 2. The number of likely N-dealkylation sites (tertiary alicyclic amines) is 1. The van der Waals surface area contributed by atoms with Crippen LogP contribution in [0.2, 0.25) is 5.02 Å². The predicted molar refractivity (Wildman–Crippen MR) is 111 cm³/mol. The number of hydrogen-bond acceptors (Lipinski definition) is 4. The molecule has 0 radical (unpaired) electrons. The van der Waals surface area contributed by atoms with E-state index < -0.39 is 0 Å². The largest absolute Gasteiger partial charge is 0.466 e. The second kappa shape index (κ2) is 10.1. The molecule has 158 valence electrons. The second-order valence-electron chi connectivity index (χ2n) is 7.88. The van der Waals surface area contributed by atoms with Crippen molar-refractivity contribution < 1.29 is 19.1 Å². The molecule has 7 heteroatoms. The third-order valence-corrected chi connectivity index (χ3v) is 5.78. The maximum atomic E-state index is 13.2. The van der Waals surface area contributed by atoms with Crippen molar-refractivity contribution in [3.05, 3.63) is 34.9 Å². The highest BCUT2D eigenvalue weighted by Crippen LogP contribution is 2.31. The minimum absolute atomic E-state index is 0.0507. The normalized spacial score (nSPS) is 19.0. The molecule has 0 bridgehead atoms. The molecule has 29 heavy (non-hydrogen) atoms. The topological polar surface area (TPSA) is 66.9 Å². The summed E-state index contributed by atoms with van der Waals surface area (Å²) < 4.78 is 5.00. The summed E-state index contributed by atoms with van der Waals surface area (Å²) in [7, 11) is 0. The lowest BCUT2D eigenvalue weighted by atomic mass is 9.95. The van der Waals surface area contributed by atoms with E-state index in [2.05, 4.69) is 0 Å². The Hall–Kier alpha value is -2.08. The van der Waals surface area contributed by atoms with E-state index in [9.17, 15) is 14.4 Å². The van der Waals surface area contributed by atoms with Gasteiger partial charge >= 0.3 is 5.97 Å². The zero-order valence-corrected chi connectivity index (χ0v) is 17.7. The van der Waals surface area contributed by atoms with Crippen LogP contribution in [-0.4, -0.2) is 60.4 Å². The molecule has 1 heterocycles. The van der Waals surface area contributed by atoms with Crippen LogP contribution in [0.25, 0.3) is 0 Å². The summed E-state index contributed by atoms with van der Waals surface area (Å²) in [5.74, 6) is 0.0241. The Morgan fingerprint density at radius 3 is 2.55 bits per heavy atom. The van der Waals surface area contributed by atoms with Crippen molar-refractivity contribution in [2.24, 2.45) is 11.8 Å². The lowest BCUT2D eigenvalue weighted by Crippen LogP contribution is -2.47. The number of halogens is 1. The molecule has 3 rings (SSSR count). The van der Waals surface area contributed by atoms with E-state index in [1.165, 1.54) is 0 Å². The molecule has 1 aliphatic heterocycles. The van der Waals surface area contributed by atoms with Crippen molar-refractivity contribution in [2.75, 3.05) is 32.8 Å². The van der Waals surface area contributed by atoms with Crippen LogP contribution >= 0.6 is 11.6 Å². The van der Waals surface area contributed by atoms with Crippen LogP contribution in [0, 0.1) is 11.8 Å². The van der Waals surface area contributed by atoms with Gasteiger partial charge in [-0.3, -0.25) is 14.4 Å². The Morgan fingerprint density at radius 1 is 1.17 bits per heavy atom. The lowest BCUT2D eigenvalue weighted by molar-refractivity contribution is -0.144. The molecule has 1 aromatic rings. The molecular weight excluding hydrogens is 392 g/mol. The predicted octanol–water partition coefficient (Wildman–Crippen LogP) is 3.38. The maximum absolute atomic E-state index is 13.2. The van der Waals surface area contributed by atoms with Crippen LogP contribution in [0.5, 0.6) is 0 Å². The number of piperidine rings is 1. The van der Waals surface area contributed by atoms with Crippen LogP contribution in [-0.2, 0) is 14.3 Å². The first-order valence-electron chi connectivity index (χ1n) is 10.5.